The molecule has 4 aromatic rings. The molecule has 190 valence electrons. The molecule has 1 atom stereocenters. The van der Waals surface area contributed by atoms with Crippen LogP contribution in [0.1, 0.15) is 28.3 Å². The van der Waals surface area contributed by atoms with Gasteiger partial charge >= 0.3 is 0 Å². The van der Waals surface area contributed by atoms with Crippen LogP contribution >= 0.6 is 0 Å². The van der Waals surface area contributed by atoms with Gasteiger partial charge in [0.15, 0.2) is 0 Å². The molecular weight excluding hydrogens is 460 g/mol. The molecule has 6 heteroatoms. The Labute approximate surface area is 219 Å². The molecule has 0 saturated carbocycles. The highest BCUT2D eigenvalue weighted by atomic mass is 16.5. The molecule has 37 heavy (non-hydrogen) atoms. The first-order valence-corrected chi connectivity index (χ1v) is 12.3. The number of carbonyl (C=O) groups is 1. The lowest BCUT2D eigenvalue weighted by Crippen LogP contribution is -2.33. The van der Waals surface area contributed by atoms with Crippen molar-refractivity contribution in [3.05, 3.63) is 107 Å². The van der Waals surface area contributed by atoms with Gasteiger partial charge in [0.2, 0.25) is 5.91 Å². The molecule has 0 saturated heterocycles. The van der Waals surface area contributed by atoms with Gasteiger partial charge in [-0.2, -0.15) is 5.10 Å². The number of nitrogens with zero attached hydrogens (tertiary/aromatic N) is 3. The SMILES string of the molecule is COc1ccc([C@@H](CNC(=O)/C=C/c2cn(-c3ccccc3)nc2-c2ccc(C)c(C)c2)N(C)C)cc1. The average Bonchev–Trinajstić information content (AvgIpc) is 3.34. The quantitative estimate of drug-likeness (QED) is 0.308. The molecule has 6 nitrogen and oxygen atoms in total. The summed E-state index contributed by atoms with van der Waals surface area (Å²) in [5.41, 5.74) is 7.23. The van der Waals surface area contributed by atoms with E-state index < -0.39 is 0 Å². The topological polar surface area (TPSA) is 59.4 Å². The summed E-state index contributed by atoms with van der Waals surface area (Å²) in [7, 11) is 5.66. The standard InChI is InChI=1S/C31H34N4O2/c1-22-11-12-25(19-23(22)2)31-26(21-35(33-31)27-9-7-6-8-10-27)15-18-30(36)32-20-29(34(3)4)24-13-16-28(37-5)17-14-24/h6-19,21,29H,20H2,1-5H3,(H,32,36)/b18-15+/t29-/m1/s1. The largest absolute Gasteiger partial charge is 0.497 e. The Bertz CT molecular complexity index is 1370. The van der Waals surface area contributed by atoms with Gasteiger partial charge in [0, 0.05) is 29.9 Å². The van der Waals surface area contributed by atoms with Crippen molar-refractivity contribution in [3.63, 3.8) is 0 Å². The molecular formula is C31H34N4O2. The zero-order chi connectivity index (χ0) is 26.4. The fraction of sp³-hybridized carbons (Fsp3) is 0.226. The lowest BCUT2D eigenvalue weighted by molar-refractivity contribution is -0.116. The molecule has 3 aromatic carbocycles. The van der Waals surface area contributed by atoms with Crippen LogP contribution in [0.15, 0.2) is 85.1 Å². The molecule has 0 aliphatic rings. The highest BCUT2D eigenvalue weighted by molar-refractivity contribution is 5.92. The number of benzene rings is 3. The summed E-state index contributed by atoms with van der Waals surface area (Å²) < 4.78 is 7.12. The Morgan fingerprint density at radius 3 is 2.41 bits per heavy atom. The Balaban J connectivity index is 1.55. The predicted octanol–water partition coefficient (Wildman–Crippen LogP) is 5.60. The van der Waals surface area contributed by atoms with Crippen LogP contribution < -0.4 is 10.1 Å². The van der Waals surface area contributed by atoms with Crippen molar-refractivity contribution in [1.29, 1.82) is 0 Å². The monoisotopic (exact) mass is 494 g/mol. The summed E-state index contributed by atoms with van der Waals surface area (Å²) in [6.45, 7) is 4.68. The molecule has 0 aliphatic carbocycles. The number of likely N-dealkylation sites (N-methyl/N-ethyl adjacent to an activating group) is 1. The Morgan fingerprint density at radius 1 is 1.03 bits per heavy atom. The van der Waals surface area contributed by atoms with Crippen molar-refractivity contribution in [2.24, 2.45) is 0 Å². The lowest BCUT2D eigenvalue weighted by Gasteiger charge is -2.25. The minimum Gasteiger partial charge on any atom is -0.497 e. The summed E-state index contributed by atoms with van der Waals surface area (Å²) in [5.74, 6) is 0.655. The molecule has 0 spiro atoms. The van der Waals surface area contributed by atoms with Gasteiger partial charge in [-0.3, -0.25) is 4.79 Å². The number of methoxy groups -OCH3 is 1. The van der Waals surface area contributed by atoms with Crippen LogP contribution in [0.2, 0.25) is 0 Å². The summed E-state index contributed by atoms with van der Waals surface area (Å²) in [4.78, 5) is 14.9. The third kappa shape index (κ3) is 6.35. The van der Waals surface area contributed by atoms with E-state index in [9.17, 15) is 4.79 Å². The van der Waals surface area contributed by atoms with Gasteiger partial charge in [0.1, 0.15) is 5.75 Å². The van der Waals surface area contributed by atoms with Crippen molar-refractivity contribution in [2.45, 2.75) is 19.9 Å². The molecule has 0 aliphatic heterocycles. The maximum absolute atomic E-state index is 12.8. The van der Waals surface area contributed by atoms with Crippen LogP contribution in [-0.4, -0.2) is 48.3 Å². The van der Waals surface area contributed by atoms with Crippen molar-refractivity contribution in [1.82, 2.24) is 20.0 Å². The van der Waals surface area contributed by atoms with Crippen LogP contribution in [0.3, 0.4) is 0 Å². The first-order valence-electron chi connectivity index (χ1n) is 12.3. The summed E-state index contributed by atoms with van der Waals surface area (Å²) in [5, 5.41) is 7.92. The number of hydrogen-bond donors (Lipinski definition) is 1. The number of amides is 1. The second kappa shape index (κ2) is 11.7. The summed E-state index contributed by atoms with van der Waals surface area (Å²) in [6.07, 6.45) is 5.38. The molecule has 1 heterocycles. The minimum atomic E-state index is -0.154. The first kappa shape index (κ1) is 25.9. The van der Waals surface area contributed by atoms with Gasteiger partial charge in [0.25, 0.3) is 0 Å². The van der Waals surface area contributed by atoms with Gasteiger partial charge < -0.3 is 15.0 Å². The fourth-order valence-electron chi connectivity index (χ4n) is 4.18. The van der Waals surface area contributed by atoms with Gasteiger partial charge in [-0.25, -0.2) is 4.68 Å². The van der Waals surface area contributed by atoms with Gasteiger partial charge in [-0.05, 0) is 81.0 Å². The summed E-state index contributed by atoms with van der Waals surface area (Å²) in [6, 6.07) is 24.3. The Kier molecular flexibility index (Phi) is 8.21. The first-order chi connectivity index (χ1) is 17.9. The Morgan fingerprint density at radius 2 is 1.76 bits per heavy atom. The lowest BCUT2D eigenvalue weighted by atomic mass is 10.0. The maximum atomic E-state index is 12.8. The molecule has 0 bridgehead atoms. The molecule has 1 N–H and O–H groups in total. The normalized spacial score (nSPS) is 12.2. The van der Waals surface area contributed by atoms with Gasteiger partial charge in [-0.1, -0.05) is 42.5 Å². The number of aromatic nitrogens is 2. The zero-order valence-corrected chi connectivity index (χ0v) is 22.1. The van der Waals surface area contributed by atoms with E-state index in [4.69, 9.17) is 9.84 Å². The molecule has 0 radical (unpaired) electrons. The van der Waals surface area contributed by atoms with E-state index in [0.29, 0.717) is 6.54 Å². The van der Waals surface area contributed by atoms with E-state index in [-0.39, 0.29) is 11.9 Å². The van der Waals surface area contributed by atoms with E-state index in [2.05, 4.69) is 42.3 Å². The van der Waals surface area contributed by atoms with Crippen LogP contribution in [0, 0.1) is 13.8 Å². The van der Waals surface area contributed by atoms with Crippen LogP contribution in [0.4, 0.5) is 0 Å². The number of ether oxygens (including phenoxy) is 1. The molecule has 0 unspecified atom stereocenters. The second-order valence-corrected chi connectivity index (χ2v) is 9.34. The van der Waals surface area contributed by atoms with Gasteiger partial charge in [0.05, 0.1) is 24.5 Å². The highest BCUT2D eigenvalue weighted by Crippen LogP contribution is 2.27. The summed E-state index contributed by atoms with van der Waals surface area (Å²) >= 11 is 0. The average molecular weight is 495 g/mol. The number of aryl methyl sites for hydroxylation is 2. The van der Waals surface area contributed by atoms with E-state index >= 15 is 0 Å². The predicted molar refractivity (Wildman–Crippen MR) is 150 cm³/mol. The number of para-hydroxylation sites is 1. The molecule has 1 aromatic heterocycles. The molecule has 0 fully saturated rings. The van der Waals surface area contributed by atoms with Crippen LogP contribution in [0.25, 0.3) is 23.0 Å². The van der Waals surface area contributed by atoms with Crippen molar-refractivity contribution in [3.8, 4) is 22.7 Å². The minimum absolute atomic E-state index is 0.0372. The number of hydrogen-bond acceptors (Lipinski definition) is 4. The smallest absolute Gasteiger partial charge is 0.244 e. The van der Waals surface area contributed by atoms with E-state index in [1.54, 1.807) is 13.2 Å². The third-order valence-corrected chi connectivity index (χ3v) is 6.55. The Hall–Kier alpha value is -4.16. The molecule has 1 amide bonds. The third-order valence-electron chi connectivity index (χ3n) is 6.55. The maximum Gasteiger partial charge on any atom is 0.244 e. The fourth-order valence-corrected chi connectivity index (χ4v) is 4.18. The van der Waals surface area contributed by atoms with Crippen LogP contribution in [-0.2, 0) is 4.79 Å². The van der Waals surface area contributed by atoms with Crippen molar-refractivity contribution >= 4 is 12.0 Å². The van der Waals surface area contributed by atoms with Gasteiger partial charge in [-0.15, -0.1) is 0 Å². The number of nitrogens with one attached hydrogen (secondary N) is 1. The number of carbonyl (C=O) groups excluding carboxylic acids is 1. The van der Waals surface area contributed by atoms with Crippen molar-refractivity contribution in [2.75, 3.05) is 27.7 Å². The number of rotatable bonds is 9. The second-order valence-electron chi connectivity index (χ2n) is 9.34. The molecule has 4 rings (SSSR count). The van der Waals surface area contributed by atoms with E-state index in [1.807, 2.05) is 85.6 Å². The van der Waals surface area contributed by atoms with Crippen LogP contribution in [0.5, 0.6) is 5.75 Å². The highest BCUT2D eigenvalue weighted by Gasteiger charge is 2.16. The van der Waals surface area contributed by atoms with E-state index in [0.717, 1.165) is 33.8 Å². The van der Waals surface area contributed by atoms with E-state index in [1.165, 1.54) is 11.1 Å². The van der Waals surface area contributed by atoms with Crippen molar-refractivity contribution < 1.29 is 9.53 Å². The zero-order valence-electron chi connectivity index (χ0n) is 22.1.